The first-order valence-corrected chi connectivity index (χ1v) is 10.2. The van der Waals surface area contributed by atoms with Gasteiger partial charge in [0.15, 0.2) is 0 Å². The fraction of sp³-hybridized carbons (Fsp3) is 0.318. The van der Waals surface area contributed by atoms with Crippen LogP contribution >= 0.6 is 11.3 Å². The lowest BCUT2D eigenvalue weighted by molar-refractivity contribution is 0.242. The second-order valence-corrected chi connectivity index (χ2v) is 7.75. The summed E-state index contributed by atoms with van der Waals surface area (Å²) in [5.41, 5.74) is 8.02. The van der Waals surface area contributed by atoms with Gasteiger partial charge < -0.3 is 19.9 Å². The van der Waals surface area contributed by atoms with Gasteiger partial charge in [-0.3, -0.25) is 0 Å². The Morgan fingerprint density at radius 3 is 2.36 bits per heavy atom. The molecule has 5 nitrogen and oxygen atoms in total. The quantitative estimate of drug-likeness (QED) is 0.497. The van der Waals surface area contributed by atoms with E-state index in [0.717, 1.165) is 34.8 Å². The summed E-state index contributed by atoms with van der Waals surface area (Å²) in [7, 11) is 0. The summed E-state index contributed by atoms with van der Waals surface area (Å²) in [6.07, 6.45) is 2.64. The van der Waals surface area contributed by atoms with Crippen molar-refractivity contribution in [1.82, 2.24) is 4.98 Å². The van der Waals surface area contributed by atoms with Gasteiger partial charge in [-0.25, -0.2) is 4.98 Å². The van der Waals surface area contributed by atoms with Crippen molar-refractivity contribution in [3.8, 4) is 27.5 Å². The first kappa shape index (κ1) is 20.2. The van der Waals surface area contributed by atoms with E-state index >= 15 is 0 Å². The van der Waals surface area contributed by atoms with Crippen molar-refractivity contribution in [2.75, 3.05) is 0 Å². The topological polar surface area (TPSA) is 66.6 Å². The van der Waals surface area contributed by atoms with E-state index in [1.54, 1.807) is 6.20 Å². The zero-order chi connectivity index (χ0) is 20.1. The van der Waals surface area contributed by atoms with E-state index in [9.17, 15) is 0 Å². The summed E-state index contributed by atoms with van der Waals surface area (Å²) in [4.78, 5) is 4.32. The van der Waals surface area contributed by atoms with Gasteiger partial charge in [0.2, 0.25) is 5.06 Å². The second-order valence-electron chi connectivity index (χ2n) is 6.80. The largest absolute Gasteiger partial charge is 0.491 e. The van der Waals surface area contributed by atoms with E-state index in [-0.39, 0.29) is 12.1 Å². The van der Waals surface area contributed by atoms with Crippen molar-refractivity contribution in [2.45, 2.75) is 46.3 Å². The van der Waals surface area contributed by atoms with Gasteiger partial charge in [0.25, 0.3) is 5.19 Å². The molecule has 148 valence electrons. The lowest BCUT2D eigenvalue weighted by Crippen LogP contribution is -2.05. The fourth-order valence-electron chi connectivity index (χ4n) is 2.67. The van der Waals surface area contributed by atoms with Crippen molar-refractivity contribution in [1.29, 1.82) is 0 Å². The number of nitrogens with zero attached hydrogens (tertiary/aromatic N) is 1. The molecule has 0 saturated carbocycles. The van der Waals surface area contributed by atoms with Gasteiger partial charge in [-0.05, 0) is 80.0 Å². The summed E-state index contributed by atoms with van der Waals surface area (Å²) in [6.45, 7) is 8.06. The number of ether oxygens (including phenoxy) is 3. The first-order valence-electron chi connectivity index (χ1n) is 9.41. The van der Waals surface area contributed by atoms with Gasteiger partial charge in [0.05, 0.1) is 12.3 Å². The molecule has 0 aliphatic rings. The number of thiazole rings is 1. The highest BCUT2D eigenvalue weighted by atomic mass is 32.1. The SMILES string of the molecule is CCc1cc(OC(C)C)ccc1Oc1ncc(Oc2ccc(C(C)N)cc2)s1. The minimum Gasteiger partial charge on any atom is -0.491 e. The molecule has 3 aromatic rings. The van der Waals surface area contributed by atoms with Crippen LogP contribution < -0.4 is 19.9 Å². The van der Waals surface area contributed by atoms with E-state index in [0.29, 0.717) is 10.3 Å². The first-order chi connectivity index (χ1) is 13.4. The molecule has 0 radical (unpaired) electrons. The maximum absolute atomic E-state index is 5.98. The Balaban J connectivity index is 1.68. The van der Waals surface area contributed by atoms with Crippen molar-refractivity contribution in [3.63, 3.8) is 0 Å². The number of aryl methyl sites for hydroxylation is 1. The van der Waals surface area contributed by atoms with Gasteiger partial charge in [-0.15, -0.1) is 0 Å². The molecule has 0 saturated heterocycles. The Kier molecular flexibility index (Phi) is 6.54. The molecule has 28 heavy (non-hydrogen) atoms. The zero-order valence-corrected chi connectivity index (χ0v) is 17.5. The summed E-state index contributed by atoms with van der Waals surface area (Å²) < 4.78 is 17.6. The van der Waals surface area contributed by atoms with E-state index < -0.39 is 0 Å². The lowest BCUT2D eigenvalue weighted by atomic mass is 10.1. The maximum atomic E-state index is 5.98. The summed E-state index contributed by atoms with van der Waals surface area (Å²) in [5.74, 6) is 2.36. The van der Waals surface area contributed by atoms with Crippen LogP contribution in [0.2, 0.25) is 0 Å². The Morgan fingerprint density at radius 1 is 1.00 bits per heavy atom. The van der Waals surface area contributed by atoms with Gasteiger partial charge in [-0.1, -0.05) is 19.1 Å². The standard InChI is InChI=1S/C22H26N2O3S/c1-5-16-12-19(25-14(2)3)10-11-20(16)27-22-24-13-21(28-22)26-18-8-6-17(7-9-18)15(4)23/h6-15H,5,23H2,1-4H3. The van der Waals surface area contributed by atoms with E-state index in [2.05, 4.69) is 11.9 Å². The van der Waals surface area contributed by atoms with Crippen LogP contribution in [0, 0.1) is 0 Å². The predicted molar refractivity (Wildman–Crippen MR) is 113 cm³/mol. The third-order valence-electron chi connectivity index (χ3n) is 4.07. The van der Waals surface area contributed by atoms with Crippen LogP contribution in [0.5, 0.6) is 27.5 Å². The maximum Gasteiger partial charge on any atom is 0.282 e. The molecule has 1 aromatic heterocycles. The van der Waals surface area contributed by atoms with Crippen LogP contribution in [0.15, 0.2) is 48.7 Å². The Labute approximate surface area is 170 Å². The molecular formula is C22H26N2O3S. The highest BCUT2D eigenvalue weighted by Gasteiger charge is 2.11. The van der Waals surface area contributed by atoms with Crippen LogP contribution in [0.25, 0.3) is 0 Å². The highest BCUT2D eigenvalue weighted by Crippen LogP contribution is 2.36. The normalized spacial score (nSPS) is 12.1. The van der Waals surface area contributed by atoms with Gasteiger partial charge in [0, 0.05) is 6.04 Å². The summed E-state index contributed by atoms with van der Waals surface area (Å²) in [5, 5.41) is 1.20. The number of aromatic nitrogens is 1. The average Bonchev–Trinajstić information content (AvgIpc) is 3.09. The fourth-order valence-corrected chi connectivity index (χ4v) is 3.32. The third kappa shape index (κ3) is 5.24. The zero-order valence-electron chi connectivity index (χ0n) is 16.6. The molecule has 3 rings (SSSR count). The third-order valence-corrected chi connectivity index (χ3v) is 4.82. The number of nitrogens with two attached hydrogens (primary N) is 1. The molecule has 0 amide bonds. The molecule has 0 aliphatic carbocycles. The molecule has 0 bridgehead atoms. The molecular weight excluding hydrogens is 372 g/mol. The van der Waals surface area contributed by atoms with E-state index in [4.69, 9.17) is 19.9 Å². The smallest absolute Gasteiger partial charge is 0.282 e. The molecule has 2 N–H and O–H groups in total. The number of rotatable bonds is 8. The average molecular weight is 399 g/mol. The van der Waals surface area contributed by atoms with Gasteiger partial charge >= 0.3 is 0 Å². The Bertz CT molecular complexity index is 904. The van der Waals surface area contributed by atoms with Crippen molar-refractivity contribution < 1.29 is 14.2 Å². The molecule has 2 aromatic carbocycles. The molecule has 0 aliphatic heterocycles. The summed E-state index contributed by atoms with van der Waals surface area (Å²) >= 11 is 1.36. The van der Waals surface area contributed by atoms with E-state index in [1.165, 1.54) is 11.3 Å². The Hall–Kier alpha value is -2.57. The molecule has 1 atom stereocenters. The highest BCUT2D eigenvalue weighted by molar-refractivity contribution is 7.15. The van der Waals surface area contributed by atoms with Crippen molar-refractivity contribution >= 4 is 11.3 Å². The lowest BCUT2D eigenvalue weighted by Gasteiger charge is -2.13. The minimum atomic E-state index is 0.00236. The van der Waals surface area contributed by atoms with Crippen LogP contribution in [-0.2, 0) is 6.42 Å². The number of benzene rings is 2. The van der Waals surface area contributed by atoms with Crippen molar-refractivity contribution in [2.24, 2.45) is 5.73 Å². The van der Waals surface area contributed by atoms with Gasteiger partial charge in [-0.2, -0.15) is 0 Å². The van der Waals surface area contributed by atoms with Gasteiger partial charge in [0.1, 0.15) is 17.2 Å². The summed E-state index contributed by atoms with van der Waals surface area (Å²) in [6, 6.07) is 13.6. The van der Waals surface area contributed by atoms with E-state index in [1.807, 2.05) is 63.2 Å². The predicted octanol–water partition coefficient (Wildman–Crippen LogP) is 6.10. The van der Waals surface area contributed by atoms with Crippen LogP contribution in [-0.4, -0.2) is 11.1 Å². The molecule has 0 fully saturated rings. The molecule has 0 spiro atoms. The van der Waals surface area contributed by atoms with Crippen LogP contribution in [0.3, 0.4) is 0 Å². The van der Waals surface area contributed by atoms with Crippen molar-refractivity contribution in [3.05, 3.63) is 59.8 Å². The number of hydrogen-bond acceptors (Lipinski definition) is 6. The van der Waals surface area contributed by atoms with Crippen LogP contribution in [0.1, 0.15) is 44.9 Å². The molecule has 6 heteroatoms. The van der Waals surface area contributed by atoms with Crippen LogP contribution in [0.4, 0.5) is 0 Å². The molecule has 1 unspecified atom stereocenters. The molecule has 1 heterocycles. The minimum absolute atomic E-state index is 0.00236. The monoisotopic (exact) mass is 398 g/mol. The Morgan fingerprint density at radius 2 is 1.71 bits per heavy atom. The number of hydrogen-bond donors (Lipinski definition) is 1. The second kappa shape index (κ2) is 9.08.